The molecule has 0 N–H and O–H groups in total. The van der Waals surface area contributed by atoms with Crippen molar-refractivity contribution in [3.8, 4) is 11.4 Å². The van der Waals surface area contributed by atoms with E-state index in [1.807, 2.05) is 36.9 Å². The number of aryl methyl sites for hydroxylation is 2. The maximum Gasteiger partial charge on any atom is 0.416 e. The van der Waals surface area contributed by atoms with Crippen molar-refractivity contribution in [1.82, 2.24) is 24.6 Å². The first kappa shape index (κ1) is 24.7. The predicted molar refractivity (Wildman–Crippen MR) is 127 cm³/mol. The second kappa shape index (κ2) is 9.30. The van der Waals surface area contributed by atoms with E-state index in [9.17, 15) is 13.2 Å². The largest absolute Gasteiger partial charge is 0.416 e. The highest BCUT2D eigenvalue weighted by atomic mass is 35.5. The quantitative estimate of drug-likeness (QED) is 0.425. The molecule has 2 aromatic heterocycles. The van der Waals surface area contributed by atoms with E-state index in [0.29, 0.717) is 5.92 Å². The molecule has 182 valence electrons. The Labute approximate surface area is 203 Å². The van der Waals surface area contributed by atoms with Crippen LogP contribution in [0.1, 0.15) is 41.9 Å². The molecular weight excluding hydrogens is 463 g/mol. The Balaban J connectivity index is 0.00000274. The summed E-state index contributed by atoms with van der Waals surface area (Å²) in [5.74, 6) is 2.37. The van der Waals surface area contributed by atoms with E-state index in [1.165, 1.54) is 12.1 Å². The average molecular weight is 492 g/mol. The van der Waals surface area contributed by atoms with Gasteiger partial charge in [-0.15, -0.1) is 22.6 Å². The number of unbranched alkanes of at least 4 members (excludes halogenated alkanes) is 1. The van der Waals surface area contributed by atoms with E-state index in [4.69, 9.17) is 0 Å². The Morgan fingerprint density at radius 3 is 2.50 bits per heavy atom. The molecule has 2 fully saturated rings. The van der Waals surface area contributed by atoms with Crippen molar-refractivity contribution in [2.75, 3.05) is 19.6 Å². The molecule has 0 spiro atoms. The van der Waals surface area contributed by atoms with Crippen molar-refractivity contribution < 1.29 is 13.2 Å². The lowest BCUT2D eigenvalue weighted by atomic mass is 9.94. The van der Waals surface area contributed by atoms with E-state index in [2.05, 4.69) is 20.1 Å². The van der Waals surface area contributed by atoms with Crippen LogP contribution in [0.2, 0.25) is 0 Å². The summed E-state index contributed by atoms with van der Waals surface area (Å²) in [6.45, 7) is 4.94. The van der Waals surface area contributed by atoms with Crippen LogP contribution in [0.4, 0.5) is 13.2 Å². The Morgan fingerprint density at radius 2 is 1.82 bits per heavy atom. The first-order valence-corrected chi connectivity index (χ1v) is 11.5. The third-order valence-corrected chi connectivity index (χ3v) is 7.26. The van der Waals surface area contributed by atoms with Gasteiger partial charge in [-0.25, -0.2) is 0 Å². The van der Waals surface area contributed by atoms with Gasteiger partial charge in [-0.1, -0.05) is 12.1 Å². The summed E-state index contributed by atoms with van der Waals surface area (Å²) >= 11 is 0. The van der Waals surface area contributed by atoms with Crippen molar-refractivity contribution in [3.05, 3.63) is 65.2 Å². The van der Waals surface area contributed by atoms with Crippen LogP contribution in [0.5, 0.6) is 0 Å². The summed E-state index contributed by atoms with van der Waals surface area (Å²) in [4.78, 5) is 6.81. The van der Waals surface area contributed by atoms with Gasteiger partial charge in [0.05, 0.1) is 5.56 Å². The molecule has 0 radical (unpaired) electrons. The number of nitrogens with zero attached hydrogens (tertiary/aromatic N) is 5. The molecule has 0 bridgehead atoms. The smallest absolute Gasteiger partial charge is 0.314 e. The lowest BCUT2D eigenvalue weighted by Crippen LogP contribution is -2.27. The summed E-state index contributed by atoms with van der Waals surface area (Å²) < 4.78 is 40.6. The highest BCUT2D eigenvalue weighted by molar-refractivity contribution is 5.85. The molecule has 3 heterocycles. The maximum atomic E-state index is 12.9. The molecule has 5 rings (SSSR count). The zero-order valence-electron chi connectivity index (χ0n) is 19.3. The molecule has 1 saturated carbocycles. The van der Waals surface area contributed by atoms with Crippen molar-refractivity contribution in [2.24, 2.45) is 13.0 Å². The van der Waals surface area contributed by atoms with Crippen molar-refractivity contribution in [3.63, 3.8) is 0 Å². The summed E-state index contributed by atoms with van der Waals surface area (Å²) in [5, 5.41) is 8.71. The van der Waals surface area contributed by atoms with Gasteiger partial charge in [0.1, 0.15) is 5.82 Å². The Hall–Kier alpha value is -2.45. The number of hydrogen-bond acceptors (Lipinski definition) is 4. The monoisotopic (exact) mass is 491 g/mol. The van der Waals surface area contributed by atoms with Crippen LogP contribution in [-0.2, 0) is 25.1 Å². The summed E-state index contributed by atoms with van der Waals surface area (Å²) in [7, 11) is 1.99. The standard InChI is InChI=1S/C25H28F3N5.ClH/c1-17-6-7-18(14-29-17)23-31-30-22(32(23)2)5-3-4-12-33-15-21-13-24(21,16-33)19-8-10-20(11-9-19)25(26,27)28;/h6-11,14,21H,3-5,12-13,15-16H2,1-2H3;1H/t21-,24+;/m0./s1. The molecule has 2 aliphatic rings. The molecule has 1 aromatic carbocycles. The number of fused-ring (bicyclic) bond motifs is 1. The molecule has 9 heteroatoms. The van der Waals surface area contributed by atoms with Gasteiger partial charge in [-0.3, -0.25) is 4.98 Å². The molecule has 1 saturated heterocycles. The van der Waals surface area contributed by atoms with E-state index in [1.54, 1.807) is 12.1 Å². The third-order valence-electron chi connectivity index (χ3n) is 7.26. The normalized spacial score (nSPS) is 21.9. The second-order valence-electron chi connectivity index (χ2n) is 9.51. The number of piperidine rings is 1. The van der Waals surface area contributed by atoms with Crippen LogP contribution >= 0.6 is 12.4 Å². The van der Waals surface area contributed by atoms with Gasteiger partial charge in [-0.05, 0) is 68.5 Å². The zero-order valence-corrected chi connectivity index (χ0v) is 20.2. The van der Waals surface area contributed by atoms with Gasteiger partial charge in [0.2, 0.25) is 0 Å². The van der Waals surface area contributed by atoms with Crippen LogP contribution in [0.15, 0.2) is 42.6 Å². The second-order valence-corrected chi connectivity index (χ2v) is 9.51. The molecule has 0 unspecified atom stereocenters. The van der Waals surface area contributed by atoms with Crippen LogP contribution < -0.4 is 0 Å². The summed E-state index contributed by atoms with van der Waals surface area (Å²) in [6, 6.07) is 9.81. The number of halogens is 4. The Kier molecular flexibility index (Phi) is 6.75. The van der Waals surface area contributed by atoms with E-state index in [-0.39, 0.29) is 17.8 Å². The highest BCUT2D eigenvalue weighted by Crippen LogP contribution is 2.59. The number of benzene rings is 1. The first-order valence-electron chi connectivity index (χ1n) is 11.5. The molecular formula is C25H29ClF3N5. The molecule has 3 aromatic rings. The summed E-state index contributed by atoms with van der Waals surface area (Å²) in [6.07, 6.45) is 1.58. The molecule has 2 atom stereocenters. The number of likely N-dealkylation sites (tertiary alicyclic amines) is 1. The fraction of sp³-hybridized carbons (Fsp3) is 0.480. The highest BCUT2D eigenvalue weighted by Gasteiger charge is 2.60. The number of hydrogen-bond donors (Lipinski definition) is 0. The molecule has 1 aliphatic heterocycles. The van der Waals surface area contributed by atoms with Crippen molar-refractivity contribution in [1.29, 1.82) is 0 Å². The summed E-state index contributed by atoms with van der Waals surface area (Å²) in [5.41, 5.74) is 2.48. The minimum absolute atomic E-state index is 0. The maximum absolute atomic E-state index is 12.9. The van der Waals surface area contributed by atoms with Gasteiger partial charge in [-0.2, -0.15) is 13.2 Å². The number of rotatable bonds is 7. The van der Waals surface area contributed by atoms with Gasteiger partial charge >= 0.3 is 6.18 Å². The Bertz CT molecular complexity index is 1130. The number of alkyl halides is 3. The first-order chi connectivity index (χ1) is 15.8. The fourth-order valence-electron chi connectivity index (χ4n) is 5.24. The lowest BCUT2D eigenvalue weighted by molar-refractivity contribution is -0.137. The van der Waals surface area contributed by atoms with Gasteiger partial charge in [0.15, 0.2) is 5.82 Å². The minimum Gasteiger partial charge on any atom is -0.314 e. The zero-order chi connectivity index (χ0) is 23.2. The SMILES string of the molecule is Cc1ccc(-c2nnc(CCCCN3C[C@@H]4C[C@]4(c4ccc(C(F)(F)F)cc4)C3)n2C)cn1.Cl. The molecule has 0 amide bonds. The minimum atomic E-state index is -4.28. The van der Waals surface area contributed by atoms with Crippen molar-refractivity contribution >= 4 is 12.4 Å². The predicted octanol–water partition coefficient (Wildman–Crippen LogP) is 5.22. The van der Waals surface area contributed by atoms with Crippen LogP contribution in [0.25, 0.3) is 11.4 Å². The average Bonchev–Trinajstić information content (AvgIpc) is 3.16. The van der Waals surface area contributed by atoms with Gasteiger partial charge < -0.3 is 9.47 Å². The Morgan fingerprint density at radius 1 is 1.06 bits per heavy atom. The topological polar surface area (TPSA) is 46.8 Å². The van der Waals surface area contributed by atoms with Crippen LogP contribution in [0, 0.1) is 12.8 Å². The lowest BCUT2D eigenvalue weighted by Gasteiger charge is -2.21. The van der Waals surface area contributed by atoms with Crippen LogP contribution in [-0.4, -0.2) is 44.3 Å². The fourth-order valence-corrected chi connectivity index (χ4v) is 5.24. The van der Waals surface area contributed by atoms with Crippen molar-refractivity contribution in [2.45, 2.75) is 44.2 Å². The van der Waals surface area contributed by atoms with Crippen LogP contribution in [0.3, 0.4) is 0 Å². The van der Waals surface area contributed by atoms with E-state index >= 15 is 0 Å². The molecule has 5 nitrogen and oxygen atoms in total. The van der Waals surface area contributed by atoms with E-state index in [0.717, 1.165) is 73.8 Å². The third kappa shape index (κ3) is 4.70. The molecule has 34 heavy (non-hydrogen) atoms. The number of aromatic nitrogens is 4. The van der Waals surface area contributed by atoms with Gasteiger partial charge in [0.25, 0.3) is 0 Å². The van der Waals surface area contributed by atoms with E-state index < -0.39 is 11.7 Å². The number of pyridine rings is 1. The van der Waals surface area contributed by atoms with Gasteiger partial charge in [0, 0.05) is 49.4 Å². The molecule has 1 aliphatic carbocycles.